The van der Waals surface area contributed by atoms with Gasteiger partial charge in [0.1, 0.15) is 0 Å². The lowest BCUT2D eigenvalue weighted by Crippen LogP contribution is -2.32. The van der Waals surface area contributed by atoms with Gasteiger partial charge in [-0.25, -0.2) is 0 Å². The third-order valence-corrected chi connectivity index (χ3v) is 2.17. The Bertz CT molecular complexity index is 157. The third-order valence-electron chi connectivity index (χ3n) is 2.17. The largest absolute Gasteiger partial charge is 0.389 e. The summed E-state index contributed by atoms with van der Waals surface area (Å²) in [6.45, 7) is 9.62. The van der Waals surface area contributed by atoms with Gasteiger partial charge in [0.15, 0.2) is 0 Å². The number of nitrogens with one attached hydrogen (secondary N) is 1. The van der Waals surface area contributed by atoms with Gasteiger partial charge in [-0.3, -0.25) is 0 Å². The second kappa shape index (κ2) is 8.93. The Kier molecular flexibility index (Phi) is 8.84. The molecule has 0 rings (SSSR count). The van der Waals surface area contributed by atoms with Crippen molar-refractivity contribution in [1.82, 2.24) is 5.32 Å². The molecule has 0 aliphatic rings. The molecule has 4 nitrogen and oxygen atoms in total. The van der Waals surface area contributed by atoms with E-state index in [2.05, 4.69) is 26.1 Å². The van der Waals surface area contributed by atoms with Crippen molar-refractivity contribution in [2.45, 2.75) is 33.3 Å². The van der Waals surface area contributed by atoms with E-state index in [9.17, 15) is 5.11 Å². The average Bonchev–Trinajstić information content (AvgIpc) is 2.18. The van der Waals surface area contributed by atoms with E-state index in [1.54, 1.807) is 7.11 Å². The van der Waals surface area contributed by atoms with Gasteiger partial charge in [0.25, 0.3) is 0 Å². The Hall–Kier alpha value is -0.160. The summed E-state index contributed by atoms with van der Waals surface area (Å²) in [6.07, 6.45) is 0.577. The smallest absolute Gasteiger partial charge is 0.0897 e. The molecule has 0 aromatic rings. The molecule has 0 aromatic carbocycles. The summed E-state index contributed by atoms with van der Waals surface area (Å²) < 4.78 is 10.3. The van der Waals surface area contributed by atoms with Gasteiger partial charge in [0.05, 0.1) is 19.3 Å². The van der Waals surface area contributed by atoms with Gasteiger partial charge in [-0.1, -0.05) is 20.8 Å². The molecule has 0 fully saturated rings. The van der Waals surface area contributed by atoms with E-state index in [0.717, 1.165) is 13.0 Å². The van der Waals surface area contributed by atoms with Crippen molar-refractivity contribution >= 4 is 0 Å². The number of methoxy groups -OCH3 is 1. The van der Waals surface area contributed by atoms with Gasteiger partial charge in [-0.05, 0) is 11.8 Å². The predicted molar refractivity (Wildman–Crippen MR) is 65.6 cm³/mol. The van der Waals surface area contributed by atoms with E-state index in [0.29, 0.717) is 31.8 Å². The van der Waals surface area contributed by atoms with Crippen molar-refractivity contribution in [2.75, 3.05) is 40.0 Å². The van der Waals surface area contributed by atoms with Crippen LogP contribution in [0.15, 0.2) is 0 Å². The molecule has 98 valence electrons. The first-order valence-electron chi connectivity index (χ1n) is 5.91. The SMILES string of the molecule is COCCNCC(O)COCCC(C)(C)C. The third kappa shape index (κ3) is 11.9. The molecule has 0 bridgehead atoms. The van der Waals surface area contributed by atoms with Crippen LogP contribution in [0, 0.1) is 5.41 Å². The summed E-state index contributed by atoms with van der Waals surface area (Å²) in [4.78, 5) is 0. The quantitative estimate of drug-likeness (QED) is 0.584. The Labute approximate surface area is 99.3 Å². The summed E-state index contributed by atoms with van der Waals surface area (Å²) >= 11 is 0. The highest BCUT2D eigenvalue weighted by Gasteiger charge is 2.10. The average molecular weight is 233 g/mol. The van der Waals surface area contributed by atoms with E-state index in [1.807, 2.05) is 0 Å². The van der Waals surface area contributed by atoms with Crippen LogP contribution in [0.25, 0.3) is 0 Å². The zero-order valence-electron chi connectivity index (χ0n) is 11.1. The Balaban J connectivity index is 3.27. The maximum atomic E-state index is 9.55. The van der Waals surface area contributed by atoms with Crippen molar-refractivity contribution in [3.8, 4) is 0 Å². The van der Waals surface area contributed by atoms with Crippen LogP contribution in [-0.2, 0) is 9.47 Å². The molecule has 0 saturated heterocycles. The van der Waals surface area contributed by atoms with Gasteiger partial charge in [-0.2, -0.15) is 0 Å². The van der Waals surface area contributed by atoms with Crippen LogP contribution >= 0.6 is 0 Å². The highest BCUT2D eigenvalue weighted by atomic mass is 16.5. The van der Waals surface area contributed by atoms with Gasteiger partial charge >= 0.3 is 0 Å². The number of hydrogen-bond acceptors (Lipinski definition) is 4. The van der Waals surface area contributed by atoms with Gasteiger partial charge < -0.3 is 19.9 Å². The van der Waals surface area contributed by atoms with Crippen LogP contribution in [-0.4, -0.2) is 51.2 Å². The molecule has 0 radical (unpaired) electrons. The molecule has 0 saturated carbocycles. The molecular formula is C12H27NO3. The fraction of sp³-hybridized carbons (Fsp3) is 1.00. The summed E-state index contributed by atoms with van der Waals surface area (Å²) in [5.41, 5.74) is 0.293. The first-order chi connectivity index (χ1) is 7.45. The van der Waals surface area contributed by atoms with Crippen molar-refractivity contribution < 1.29 is 14.6 Å². The number of aliphatic hydroxyl groups is 1. The molecule has 0 aliphatic heterocycles. The zero-order valence-corrected chi connectivity index (χ0v) is 11.1. The van der Waals surface area contributed by atoms with Crippen LogP contribution in [0.2, 0.25) is 0 Å². The minimum Gasteiger partial charge on any atom is -0.389 e. The molecule has 0 spiro atoms. The Morgan fingerprint density at radius 2 is 1.94 bits per heavy atom. The van der Waals surface area contributed by atoms with Crippen LogP contribution in [0.5, 0.6) is 0 Å². The van der Waals surface area contributed by atoms with Gasteiger partial charge in [-0.15, -0.1) is 0 Å². The van der Waals surface area contributed by atoms with E-state index < -0.39 is 6.10 Å². The summed E-state index contributed by atoms with van der Waals surface area (Å²) in [5, 5.41) is 12.6. The van der Waals surface area contributed by atoms with Crippen LogP contribution in [0.3, 0.4) is 0 Å². The van der Waals surface area contributed by atoms with Crippen molar-refractivity contribution in [3.63, 3.8) is 0 Å². The summed E-state index contributed by atoms with van der Waals surface area (Å²) in [6, 6.07) is 0. The maximum Gasteiger partial charge on any atom is 0.0897 e. The lowest BCUT2D eigenvalue weighted by molar-refractivity contribution is 0.0268. The fourth-order valence-electron chi connectivity index (χ4n) is 1.10. The standard InChI is InChI=1S/C12H27NO3/c1-12(2,3)5-7-16-10-11(14)9-13-6-8-15-4/h11,13-14H,5-10H2,1-4H3. The first-order valence-corrected chi connectivity index (χ1v) is 5.91. The summed E-state index contributed by atoms with van der Waals surface area (Å²) in [5.74, 6) is 0. The predicted octanol–water partition coefficient (Wildman–Crippen LogP) is 1.04. The Morgan fingerprint density at radius 1 is 1.25 bits per heavy atom. The second-order valence-corrected chi connectivity index (χ2v) is 5.24. The van der Waals surface area contributed by atoms with Crippen LogP contribution < -0.4 is 5.32 Å². The normalized spacial score (nSPS) is 14.1. The Morgan fingerprint density at radius 3 is 2.50 bits per heavy atom. The molecule has 1 atom stereocenters. The number of hydrogen-bond donors (Lipinski definition) is 2. The highest BCUT2D eigenvalue weighted by molar-refractivity contribution is 4.62. The zero-order chi connectivity index (χ0) is 12.4. The molecule has 2 N–H and O–H groups in total. The van der Waals surface area contributed by atoms with Crippen LogP contribution in [0.1, 0.15) is 27.2 Å². The molecule has 1 unspecified atom stereocenters. The number of aliphatic hydroxyl groups excluding tert-OH is 1. The molecule has 4 heteroatoms. The van der Waals surface area contributed by atoms with Crippen molar-refractivity contribution in [2.24, 2.45) is 5.41 Å². The van der Waals surface area contributed by atoms with E-state index in [4.69, 9.17) is 9.47 Å². The monoisotopic (exact) mass is 233 g/mol. The topological polar surface area (TPSA) is 50.7 Å². The molecular weight excluding hydrogens is 206 g/mol. The molecule has 0 amide bonds. The van der Waals surface area contributed by atoms with Crippen LogP contribution in [0.4, 0.5) is 0 Å². The minimum atomic E-state index is -0.433. The van der Waals surface area contributed by atoms with E-state index in [-0.39, 0.29) is 0 Å². The molecule has 0 aliphatic carbocycles. The lowest BCUT2D eigenvalue weighted by Gasteiger charge is -2.18. The van der Waals surface area contributed by atoms with Crippen molar-refractivity contribution in [1.29, 1.82) is 0 Å². The molecule has 16 heavy (non-hydrogen) atoms. The molecule has 0 aromatic heterocycles. The molecule has 0 heterocycles. The fourth-order valence-corrected chi connectivity index (χ4v) is 1.10. The number of rotatable bonds is 9. The van der Waals surface area contributed by atoms with E-state index in [1.165, 1.54) is 0 Å². The highest BCUT2D eigenvalue weighted by Crippen LogP contribution is 2.17. The van der Waals surface area contributed by atoms with Gasteiger partial charge in [0, 0.05) is 26.8 Å². The first kappa shape index (κ1) is 15.8. The lowest BCUT2D eigenvalue weighted by atomic mass is 9.93. The van der Waals surface area contributed by atoms with Crippen molar-refractivity contribution in [3.05, 3.63) is 0 Å². The minimum absolute atomic E-state index is 0.293. The maximum absolute atomic E-state index is 9.55. The van der Waals surface area contributed by atoms with Gasteiger partial charge in [0.2, 0.25) is 0 Å². The summed E-state index contributed by atoms with van der Waals surface area (Å²) in [7, 11) is 1.66. The number of ether oxygens (including phenoxy) is 2. The van der Waals surface area contributed by atoms with E-state index >= 15 is 0 Å². The second-order valence-electron chi connectivity index (χ2n) is 5.24.